The lowest BCUT2D eigenvalue weighted by Crippen LogP contribution is -2.25. The van der Waals surface area contributed by atoms with Crippen LogP contribution in [0.5, 0.6) is 0 Å². The Hall–Kier alpha value is -1.46. The summed E-state index contributed by atoms with van der Waals surface area (Å²) >= 11 is 0. The molecule has 106 valence electrons. The fourth-order valence-electron chi connectivity index (χ4n) is 3.38. The van der Waals surface area contributed by atoms with Crippen LogP contribution in [0, 0.1) is 0 Å². The minimum atomic E-state index is 0.354. The highest BCUT2D eigenvalue weighted by atomic mass is 16.5. The molecule has 1 unspecified atom stereocenters. The molecule has 2 saturated heterocycles. The van der Waals surface area contributed by atoms with Gasteiger partial charge in [-0.15, -0.1) is 0 Å². The van der Waals surface area contributed by atoms with Gasteiger partial charge in [0.05, 0.1) is 6.17 Å². The number of nitrogens with one attached hydrogen (secondary N) is 1. The molecule has 0 spiro atoms. The first kappa shape index (κ1) is 12.3. The summed E-state index contributed by atoms with van der Waals surface area (Å²) in [5.74, 6) is 1.70. The zero-order valence-corrected chi connectivity index (χ0v) is 11.6. The molecule has 0 aliphatic carbocycles. The third kappa shape index (κ3) is 2.01. The summed E-state index contributed by atoms with van der Waals surface area (Å²) in [6.07, 6.45) is 6.74. The van der Waals surface area contributed by atoms with Crippen LogP contribution in [-0.2, 0) is 4.74 Å². The molecule has 2 fully saturated rings. The fourth-order valence-corrected chi connectivity index (χ4v) is 3.38. The van der Waals surface area contributed by atoms with E-state index in [9.17, 15) is 0 Å². The number of hydrogen-bond donors (Lipinski definition) is 1. The molecule has 4 rings (SSSR count). The lowest BCUT2D eigenvalue weighted by atomic mass is 9.99. The molecule has 1 N–H and O–H groups in total. The van der Waals surface area contributed by atoms with E-state index in [0.717, 1.165) is 50.2 Å². The molecule has 0 aromatic carbocycles. The molecule has 2 aliphatic rings. The van der Waals surface area contributed by atoms with Gasteiger partial charge >= 0.3 is 0 Å². The zero-order chi connectivity index (χ0) is 13.4. The van der Waals surface area contributed by atoms with Gasteiger partial charge in [-0.2, -0.15) is 0 Å². The van der Waals surface area contributed by atoms with Crippen LogP contribution in [0.25, 0.3) is 11.2 Å². The van der Waals surface area contributed by atoms with Crippen LogP contribution in [0.15, 0.2) is 18.3 Å². The molecule has 20 heavy (non-hydrogen) atoms. The molecule has 5 heteroatoms. The van der Waals surface area contributed by atoms with Crippen molar-refractivity contribution in [1.29, 1.82) is 0 Å². The molecule has 0 amide bonds. The molecule has 2 aliphatic heterocycles. The number of hydrogen-bond acceptors (Lipinski definition) is 4. The average Bonchev–Trinajstić information content (AvgIpc) is 3.14. The average molecular weight is 272 g/mol. The van der Waals surface area contributed by atoms with E-state index in [1.807, 2.05) is 12.3 Å². The fraction of sp³-hybridized carbons (Fsp3) is 0.600. The van der Waals surface area contributed by atoms with Crippen LogP contribution in [0.2, 0.25) is 0 Å². The number of fused-ring (bicyclic) bond motifs is 1. The third-order valence-corrected chi connectivity index (χ3v) is 4.41. The van der Waals surface area contributed by atoms with Gasteiger partial charge in [0.15, 0.2) is 5.65 Å². The van der Waals surface area contributed by atoms with Crippen LogP contribution in [0.4, 0.5) is 0 Å². The third-order valence-electron chi connectivity index (χ3n) is 4.41. The monoisotopic (exact) mass is 272 g/mol. The summed E-state index contributed by atoms with van der Waals surface area (Å²) in [7, 11) is 0. The molecule has 1 atom stereocenters. The lowest BCUT2D eigenvalue weighted by molar-refractivity contribution is 0.0824. The van der Waals surface area contributed by atoms with E-state index < -0.39 is 0 Å². The highest BCUT2D eigenvalue weighted by Gasteiger charge is 2.28. The van der Waals surface area contributed by atoms with Gasteiger partial charge < -0.3 is 4.74 Å². The number of pyridine rings is 1. The predicted molar refractivity (Wildman–Crippen MR) is 76.6 cm³/mol. The van der Waals surface area contributed by atoms with E-state index in [1.165, 1.54) is 12.2 Å². The molecular weight excluding hydrogens is 252 g/mol. The largest absolute Gasteiger partial charge is 0.381 e. The Balaban J connectivity index is 1.82. The van der Waals surface area contributed by atoms with Gasteiger partial charge in [0, 0.05) is 25.3 Å². The smallest absolute Gasteiger partial charge is 0.161 e. The molecule has 4 heterocycles. The van der Waals surface area contributed by atoms with Crippen molar-refractivity contribution in [2.45, 2.75) is 37.8 Å². The van der Waals surface area contributed by atoms with Crippen molar-refractivity contribution < 1.29 is 4.74 Å². The standard InChI is InChI=1S/C15H20N4O/c1-3-12-15(17-8-1)19(13-4-2-7-16-13)14(18-12)11-5-9-20-10-6-11/h1,3,8,11,13,16H,2,4-7,9-10H2. The van der Waals surface area contributed by atoms with Crippen molar-refractivity contribution in [2.24, 2.45) is 0 Å². The van der Waals surface area contributed by atoms with Gasteiger partial charge in [-0.1, -0.05) is 0 Å². The molecular formula is C15H20N4O. The van der Waals surface area contributed by atoms with Crippen LogP contribution in [-0.4, -0.2) is 34.3 Å². The summed E-state index contributed by atoms with van der Waals surface area (Å²) in [5.41, 5.74) is 2.04. The van der Waals surface area contributed by atoms with E-state index >= 15 is 0 Å². The second kappa shape index (κ2) is 5.14. The summed E-state index contributed by atoms with van der Waals surface area (Å²) < 4.78 is 7.84. The van der Waals surface area contributed by atoms with Crippen molar-refractivity contribution in [2.75, 3.05) is 19.8 Å². The van der Waals surface area contributed by atoms with Crippen LogP contribution in [0.1, 0.15) is 43.6 Å². The number of imidazole rings is 1. The quantitative estimate of drug-likeness (QED) is 0.910. The van der Waals surface area contributed by atoms with Crippen LogP contribution in [0.3, 0.4) is 0 Å². The number of rotatable bonds is 2. The van der Waals surface area contributed by atoms with Crippen LogP contribution >= 0.6 is 0 Å². The Morgan fingerprint density at radius 3 is 2.95 bits per heavy atom. The summed E-state index contributed by atoms with van der Waals surface area (Å²) in [5, 5.41) is 3.58. The van der Waals surface area contributed by atoms with E-state index in [-0.39, 0.29) is 0 Å². The van der Waals surface area contributed by atoms with Crippen molar-refractivity contribution in [3.63, 3.8) is 0 Å². The molecule has 0 bridgehead atoms. The van der Waals surface area contributed by atoms with Crippen LogP contribution < -0.4 is 5.32 Å². The zero-order valence-electron chi connectivity index (χ0n) is 11.6. The van der Waals surface area contributed by atoms with Gasteiger partial charge in [0.1, 0.15) is 11.3 Å². The topological polar surface area (TPSA) is 52.0 Å². The van der Waals surface area contributed by atoms with Gasteiger partial charge in [0.2, 0.25) is 0 Å². The lowest BCUT2D eigenvalue weighted by Gasteiger charge is -2.24. The molecule has 5 nitrogen and oxygen atoms in total. The summed E-state index contributed by atoms with van der Waals surface area (Å²) in [6, 6.07) is 4.03. The van der Waals surface area contributed by atoms with Crippen molar-refractivity contribution in [3.8, 4) is 0 Å². The highest BCUT2D eigenvalue weighted by molar-refractivity contribution is 5.71. The SMILES string of the molecule is c1cnc2c(c1)nc(C1CCOCC1)n2C1CCCN1. The number of aromatic nitrogens is 3. The Morgan fingerprint density at radius 1 is 1.25 bits per heavy atom. The predicted octanol–water partition coefficient (Wildman–Crippen LogP) is 2.21. The Bertz CT molecular complexity index is 597. The second-order valence-corrected chi connectivity index (χ2v) is 5.68. The minimum Gasteiger partial charge on any atom is -0.381 e. The highest BCUT2D eigenvalue weighted by Crippen LogP contribution is 2.32. The molecule has 2 aromatic rings. The maximum absolute atomic E-state index is 5.49. The van der Waals surface area contributed by atoms with Crippen molar-refractivity contribution in [3.05, 3.63) is 24.2 Å². The first-order chi connectivity index (χ1) is 9.93. The number of nitrogens with zero attached hydrogens (tertiary/aromatic N) is 3. The van der Waals surface area contributed by atoms with E-state index in [1.54, 1.807) is 0 Å². The maximum atomic E-state index is 5.49. The Morgan fingerprint density at radius 2 is 2.15 bits per heavy atom. The van der Waals surface area contributed by atoms with Crippen molar-refractivity contribution in [1.82, 2.24) is 19.9 Å². The number of ether oxygens (including phenoxy) is 1. The summed E-state index contributed by atoms with van der Waals surface area (Å²) in [4.78, 5) is 9.46. The van der Waals surface area contributed by atoms with E-state index in [4.69, 9.17) is 9.72 Å². The van der Waals surface area contributed by atoms with Gasteiger partial charge in [-0.3, -0.25) is 9.88 Å². The molecule has 0 saturated carbocycles. The normalized spacial score (nSPS) is 24.5. The second-order valence-electron chi connectivity index (χ2n) is 5.68. The Labute approximate surface area is 118 Å². The van der Waals surface area contributed by atoms with Crippen molar-refractivity contribution >= 4 is 11.2 Å². The van der Waals surface area contributed by atoms with E-state index in [2.05, 4.69) is 20.9 Å². The Kier molecular flexibility index (Phi) is 3.16. The van der Waals surface area contributed by atoms with E-state index in [0.29, 0.717) is 12.1 Å². The van der Waals surface area contributed by atoms with Gasteiger partial charge in [-0.25, -0.2) is 9.97 Å². The maximum Gasteiger partial charge on any atom is 0.161 e. The summed E-state index contributed by atoms with van der Waals surface area (Å²) in [6.45, 7) is 2.78. The molecule has 2 aromatic heterocycles. The minimum absolute atomic E-state index is 0.354. The molecule has 0 radical (unpaired) electrons. The van der Waals surface area contributed by atoms with Gasteiger partial charge in [0.25, 0.3) is 0 Å². The van der Waals surface area contributed by atoms with Gasteiger partial charge in [-0.05, 0) is 44.4 Å². The first-order valence-corrected chi connectivity index (χ1v) is 7.57. The first-order valence-electron chi connectivity index (χ1n) is 7.57.